The van der Waals surface area contributed by atoms with E-state index in [0.29, 0.717) is 17.0 Å². The lowest BCUT2D eigenvalue weighted by molar-refractivity contribution is 0.0984. The van der Waals surface area contributed by atoms with Crippen molar-refractivity contribution in [3.8, 4) is 11.5 Å². The van der Waals surface area contributed by atoms with Gasteiger partial charge in [-0.25, -0.2) is 4.39 Å². The number of aromatic nitrogens is 1. The normalized spacial score (nSPS) is 10.8. The van der Waals surface area contributed by atoms with Crippen LogP contribution in [0.2, 0.25) is 0 Å². The van der Waals surface area contributed by atoms with E-state index in [1.807, 2.05) is 0 Å². The number of amides is 1. The number of hydrogen-bond acceptors (Lipinski definition) is 4. The Bertz CT molecular complexity index is 1090. The van der Waals surface area contributed by atoms with Crippen LogP contribution in [0.15, 0.2) is 47.3 Å². The highest BCUT2D eigenvalue weighted by atomic mass is 19.1. The Hall–Kier alpha value is -3.35. The largest absolute Gasteiger partial charge is 0.506 e. The summed E-state index contributed by atoms with van der Waals surface area (Å²) in [5.74, 6) is -1.33. The Morgan fingerprint density at radius 3 is 2.59 bits per heavy atom. The third kappa shape index (κ3) is 3.01. The molecule has 0 unspecified atom stereocenters. The first-order chi connectivity index (χ1) is 12.9. The van der Waals surface area contributed by atoms with Crippen LogP contribution in [0.1, 0.15) is 17.3 Å². The summed E-state index contributed by atoms with van der Waals surface area (Å²) < 4.78 is 20.1. The summed E-state index contributed by atoms with van der Waals surface area (Å²) in [6.07, 6.45) is 0. The van der Waals surface area contributed by atoms with E-state index in [9.17, 15) is 19.1 Å². The van der Waals surface area contributed by atoms with Gasteiger partial charge in [0.1, 0.15) is 22.9 Å². The van der Waals surface area contributed by atoms with E-state index in [1.165, 1.54) is 41.8 Å². The number of hydrogen-bond donors (Lipinski definition) is 1. The molecule has 3 rings (SSSR count). The smallest absolute Gasteiger partial charge is 0.267 e. The average molecular weight is 370 g/mol. The summed E-state index contributed by atoms with van der Waals surface area (Å²) in [7, 11) is 2.95. The average Bonchev–Trinajstić information content (AvgIpc) is 2.66. The van der Waals surface area contributed by atoms with Gasteiger partial charge in [-0.3, -0.25) is 9.59 Å². The van der Waals surface area contributed by atoms with Crippen LogP contribution in [-0.4, -0.2) is 29.2 Å². The Balaban J connectivity index is 2.27. The molecule has 6 nitrogen and oxygen atoms in total. The van der Waals surface area contributed by atoms with Crippen LogP contribution in [0, 0.1) is 5.82 Å². The molecule has 1 N–H and O–H groups in total. The second-order valence-corrected chi connectivity index (χ2v) is 5.97. The zero-order valence-corrected chi connectivity index (χ0v) is 15.2. The van der Waals surface area contributed by atoms with Gasteiger partial charge in [-0.2, -0.15) is 0 Å². The molecule has 0 fully saturated rings. The van der Waals surface area contributed by atoms with Crippen molar-refractivity contribution in [2.75, 3.05) is 18.6 Å². The molecular formula is C20H19FN2O4. The lowest BCUT2D eigenvalue weighted by atomic mass is 10.1. The summed E-state index contributed by atoms with van der Waals surface area (Å²) in [6, 6.07) is 10.5. The predicted octanol–water partition coefficient (Wildman–Crippen LogP) is 3.06. The molecule has 1 heterocycles. The summed E-state index contributed by atoms with van der Waals surface area (Å²) in [5, 5.41) is 11.0. The van der Waals surface area contributed by atoms with E-state index in [1.54, 1.807) is 31.2 Å². The Kier molecular flexibility index (Phi) is 4.85. The van der Waals surface area contributed by atoms with Crippen molar-refractivity contribution in [1.29, 1.82) is 0 Å². The summed E-state index contributed by atoms with van der Waals surface area (Å²) in [6.45, 7) is 1.89. The van der Waals surface area contributed by atoms with Crippen LogP contribution in [0.25, 0.3) is 10.9 Å². The molecule has 2 aromatic carbocycles. The minimum atomic E-state index is -0.714. The van der Waals surface area contributed by atoms with E-state index in [-0.39, 0.29) is 17.5 Å². The molecule has 1 amide bonds. The van der Waals surface area contributed by atoms with Crippen molar-refractivity contribution in [1.82, 2.24) is 4.57 Å². The number of benzene rings is 2. The second-order valence-electron chi connectivity index (χ2n) is 5.97. The molecule has 0 bridgehead atoms. The molecule has 0 spiro atoms. The van der Waals surface area contributed by atoms with Crippen LogP contribution in [0.4, 0.5) is 10.1 Å². The van der Waals surface area contributed by atoms with Crippen molar-refractivity contribution < 1.29 is 19.0 Å². The number of pyridine rings is 1. The van der Waals surface area contributed by atoms with Crippen molar-refractivity contribution >= 4 is 22.5 Å². The molecule has 3 aromatic rings. The van der Waals surface area contributed by atoms with Crippen molar-refractivity contribution in [3.63, 3.8) is 0 Å². The van der Waals surface area contributed by atoms with Gasteiger partial charge in [0.15, 0.2) is 0 Å². The first-order valence-electron chi connectivity index (χ1n) is 8.36. The van der Waals surface area contributed by atoms with Crippen molar-refractivity contribution in [3.05, 3.63) is 64.2 Å². The Labute approximate surface area is 155 Å². The molecule has 0 aliphatic carbocycles. The van der Waals surface area contributed by atoms with Crippen molar-refractivity contribution in [2.45, 2.75) is 6.92 Å². The molecule has 0 saturated carbocycles. The number of aromatic hydroxyl groups is 1. The quantitative estimate of drug-likeness (QED) is 0.766. The predicted molar refractivity (Wildman–Crippen MR) is 101 cm³/mol. The molecular weight excluding hydrogens is 351 g/mol. The second kappa shape index (κ2) is 7.11. The molecule has 140 valence electrons. The van der Waals surface area contributed by atoms with E-state index in [2.05, 4.69) is 0 Å². The molecule has 0 radical (unpaired) electrons. The number of anilines is 1. The maximum Gasteiger partial charge on any atom is 0.267 e. The van der Waals surface area contributed by atoms with Gasteiger partial charge in [0.05, 0.1) is 18.0 Å². The number of methoxy groups -OCH3 is 1. The molecule has 7 heteroatoms. The number of fused-ring (bicyclic) bond motifs is 1. The lowest BCUT2D eigenvalue weighted by Gasteiger charge is -2.22. The molecule has 1 aromatic heterocycles. The van der Waals surface area contributed by atoms with Gasteiger partial charge in [0.2, 0.25) is 0 Å². The van der Waals surface area contributed by atoms with E-state index in [4.69, 9.17) is 4.74 Å². The Morgan fingerprint density at radius 1 is 1.26 bits per heavy atom. The molecule has 27 heavy (non-hydrogen) atoms. The lowest BCUT2D eigenvalue weighted by Crippen LogP contribution is -2.36. The summed E-state index contributed by atoms with van der Waals surface area (Å²) in [4.78, 5) is 27.2. The van der Waals surface area contributed by atoms with E-state index >= 15 is 0 Å². The first kappa shape index (κ1) is 18.4. The van der Waals surface area contributed by atoms with Crippen LogP contribution in [0.5, 0.6) is 11.5 Å². The molecule has 0 saturated heterocycles. The summed E-state index contributed by atoms with van der Waals surface area (Å²) in [5.41, 5.74) is -0.306. The van der Waals surface area contributed by atoms with Crippen molar-refractivity contribution in [2.24, 2.45) is 7.05 Å². The molecule has 0 atom stereocenters. The van der Waals surface area contributed by atoms with Gasteiger partial charge < -0.3 is 19.3 Å². The topological polar surface area (TPSA) is 71.8 Å². The van der Waals surface area contributed by atoms with Gasteiger partial charge in [-0.1, -0.05) is 12.1 Å². The minimum Gasteiger partial charge on any atom is -0.506 e. The number of carbonyl (C=O) groups excluding carboxylic acids is 1. The standard InChI is InChI=1S/C20H19FN2O4/c1-4-23(13-8-5-7-12(21)11-13)20(26)17-18(24)16-14(22(2)19(17)25)9-6-10-15(16)27-3/h5-11,24H,4H2,1-3H3. The summed E-state index contributed by atoms with van der Waals surface area (Å²) >= 11 is 0. The fraction of sp³-hybridized carbons (Fsp3) is 0.200. The van der Waals surface area contributed by atoms with Crippen LogP contribution >= 0.6 is 0 Å². The third-order valence-corrected chi connectivity index (χ3v) is 4.47. The molecule has 0 aliphatic rings. The van der Waals surface area contributed by atoms with Gasteiger partial charge in [-0.05, 0) is 37.3 Å². The maximum atomic E-state index is 13.6. The minimum absolute atomic E-state index is 0.189. The highest BCUT2D eigenvalue weighted by molar-refractivity contribution is 6.11. The Morgan fingerprint density at radius 2 is 1.96 bits per heavy atom. The monoisotopic (exact) mass is 370 g/mol. The van der Waals surface area contributed by atoms with E-state index in [0.717, 1.165) is 0 Å². The van der Waals surface area contributed by atoms with Crippen LogP contribution in [0.3, 0.4) is 0 Å². The highest BCUT2D eigenvalue weighted by Crippen LogP contribution is 2.34. The SMILES string of the molecule is CCN(C(=O)c1c(O)c2c(OC)cccc2n(C)c1=O)c1cccc(F)c1. The number of halogens is 1. The van der Waals surface area contributed by atoms with Crippen LogP contribution < -0.4 is 15.2 Å². The number of rotatable bonds is 4. The molecule has 0 aliphatic heterocycles. The number of nitrogens with zero attached hydrogens (tertiary/aromatic N) is 2. The van der Waals surface area contributed by atoms with Gasteiger partial charge in [0, 0.05) is 19.3 Å². The fourth-order valence-electron chi connectivity index (χ4n) is 3.13. The third-order valence-electron chi connectivity index (χ3n) is 4.47. The number of aryl methyl sites for hydroxylation is 1. The van der Waals surface area contributed by atoms with Gasteiger partial charge in [-0.15, -0.1) is 0 Å². The van der Waals surface area contributed by atoms with Crippen LogP contribution in [-0.2, 0) is 7.05 Å². The fourth-order valence-corrected chi connectivity index (χ4v) is 3.13. The first-order valence-corrected chi connectivity index (χ1v) is 8.36. The van der Waals surface area contributed by atoms with Gasteiger partial charge in [0.25, 0.3) is 11.5 Å². The van der Waals surface area contributed by atoms with Gasteiger partial charge >= 0.3 is 0 Å². The maximum absolute atomic E-state index is 13.6. The zero-order chi connectivity index (χ0) is 19.7. The number of ether oxygens (including phenoxy) is 1. The van der Waals surface area contributed by atoms with E-state index < -0.39 is 23.0 Å². The zero-order valence-electron chi connectivity index (χ0n) is 15.2. The number of carbonyl (C=O) groups is 1. The highest BCUT2D eigenvalue weighted by Gasteiger charge is 2.27.